The second-order valence-corrected chi connectivity index (χ2v) is 7.69. The van der Waals surface area contributed by atoms with Gasteiger partial charge in [-0.3, -0.25) is 14.5 Å². The first kappa shape index (κ1) is 22.4. The third-order valence-corrected chi connectivity index (χ3v) is 5.59. The fourth-order valence-corrected chi connectivity index (χ4v) is 4.03. The number of aliphatic hydroxyl groups excluding tert-OH is 1. The summed E-state index contributed by atoms with van der Waals surface area (Å²) in [7, 11) is 2.79. The number of methoxy groups -OCH3 is 2. The van der Waals surface area contributed by atoms with Gasteiger partial charge in [-0.05, 0) is 43.3 Å². The minimum absolute atomic E-state index is 0.0776. The molecule has 33 heavy (non-hydrogen) atoms. The summed E-state index contributed by atoms with van der Waals surface area (Å²) in [6, 6.07) is 10.2. The number of ether oxygens (including phenoxy) is 2. The molecular formula is C24H19ClFNO6. The minimum atomic E-state index is -1.15. The lowest BCUT2D eigenvalue weighted by Gasteiger charge is -2.23. The molecule has 7 nitrogen and oxygen atoms in total. The third kappa shape index (κ3) is 3.82. The molecule has 2 heterocycles. The first-order valence-corrected chi connectivity index (χ1v) is 10.2. The summed E-state index contributed by atoms with van der Waals surface area (Å²) < 4.78 is 30.2. The molecule has 1 unspecified atom stereocenters. The molecule has 3 aromatic rings. The van der Waals surface area contributed by atoms with Crippen molar-refractivity contribution in [1.29, 1.82) is 0 Å². The predicted molar refractivity (Wildman–Crippen MR) is 119 cm³/mol. The van der Waals surface area contributed by atoms with Crippen LogP contribution < -0.4 is 14.4 Å². The summed E-state index contributed by atoms with van der Waals surface area (Å²) in [5.74, 6) is -1.82. The Labute approximate surface area is 193 Å². The fourth-order valence-electron chi connectivity index (χ4n) is 3.78. The van der Waals surface area contributed by atoms with Crippen LogP contribution in [0.2, 0.25) is 5.02 Å². The zero-order valence-electron chi connectivity index (χ0n) is 17.9. The minimum Gasteiger partial charge on any atom is -0.507 e. The van der Waals surface area contributed by atoms with Gasteiger partial charge in [0.1, 0.15) is 40.6 Å². The van der Waals surface area contributed by atoms with E-state index in [-0.39, 0.29) is 33.4 Å². The van der Waals surface area contributed by atoms with Gasteiger partial charge < -0.3 is 19.0 Å². The van der Waals surface area contributed by atoms with Crippen LogP contribution in [-0.4, -0.2) is 31.0 Å². The lowest BCUT2D eigenvalue weighted by molar-refractivity contribution is -0.132. The van der Waals surface area contributed by atoms with E-state index in [0.717, 1.165) is 11.0 Å². The van der Waals surface area contributed by atoms with Gasteiger partial charge in [-0.2, -0.15) is 0 Å². The number of Topliss-reactive ketones (excluding diaryl/α,β-unsaturated/α-hetero) is 1. The summed E-state index contributed by atoms with van der Waals surface area (Å²) in [5.41, 5.74) is -0.0399. The topological polar surface area (TPSA) is 89.2 Å². The number of furan rings is 1. The van der Waals surface area contributed by atoms with Crippen LogP contribution in [0.15, 0.2) is 58.5 Å². The summed E-state index contributed by atoms with van der Waals surface area (Å²) in [5, 5.41) is 11.4. The van der Waals surface area contributed by atoms with Gasteiger partial charge in [-0.25, -0.2) is 4.39 Å². The lowest BCUT2D eigenvalue weighted by atomic mass is 9.98. The van der Waals surface area contributed by atoms with Crippen molar-refractivity contribution >= 4 is 34.7 Å². The zero-order chi connectivity index (χ0) is 23.9. The quantitative estimate of drug-likeness (QED) is 0.319. The van der Waals surface area contributed by atoms with Gasteiger partial charge in [0.25, 0.3) is 11.7 Å². The maximum absolute atomic E-state index is 14.0. The Bertz CT molecular complexity index is 1300. The van der Waals surface area contributed by atoms with E-state index in [2.05, 4.69) is 0 Å². The van der Waals surface area contributed by atoms with Crippen molar-refractivity contribution in [3.8, 4) is 11.5 Å². The highest BCUT2D eigenvalue weighted by molar-refractivity contribution is 6.51. The zero-order valence-corrected chi connectivity index (χ0v) is 18.6. The van der Waals surface area contributed by atoms with Crippen molar-refractivity contribution in [2.24, 2.45) is 0 Å². The van der Waals surface area contributed by atoms with Crippen LogP contribution in [-0.2, 0) is 9.59 Å². The molecule has 0 bridgehead atoms. The molecule has 2 aromatic carbocycles. The van der Waals surface area contributed by atoms with Crippen molar-refractivity contribution in [2.45, 2.75) is 13.0 Å². The average Bonchev–Trinajstić information content (AvgIpc) is 3.33. The highest BCUT2D eigenvalue weighted by atomic mass is 35.5. The third-order valence-electron chi connectivity index (χ3n) is 5.29. The number of rotatable bonds is 5. The Morgan fingerprint density at radius 2 is 1.82 bits per heavy atom. The van der Waals surface area contributed by atoms with Gasteiger partial charge in [0.15, 0.2) is 0 Å². The molecule has 1 atom stereocenters. The van der Waals surface area contributed by atoms with Crippen molar-refractivity contribution in [3.63, 3.8) is 0 Å². The Hall–Kier alpha value is -3.78. The molecular weight excluding hydrogens is 453 g/mol. The molecule has 1 saturated heterocycles. The van der Waals surface area contributed by atoms with Gasteiger partial charge in [0.2, 0.25) is 0 Å². The molecule has 1 aliphatic heterocycles. The van der Waals surface area contributed by atoms with Crippen LogP contribution in [0.25, 0.3) is 5.76 Å². The number of hydrogen-bond acceptors (Lipinski definition) is 6. The number of aliphatic hydroxyl groups is 1. The fraction of sp³-hybridized carbons (Fsp3) is 0.167. The smallest absolute Gasteiger partial charge is 0.300 e. The van der Waals surface area contributed by atoms with Crippen LogP contribution in [0.4, 0.5) is 10.1 Å². The van der Waals surface area contributed by atoms with Crippen molar-refractivity contribution in [1.82, 2.24) is 0 Å². The maximum atomic E-state index is 14.0. The number of amides is 1. The second-order valence-electron chi connectivity index (χ2n) is 7.28. The van der Waals surface area contributed by atoms with E-state index in [1.165, 1.54) is 44.6 Å². The molecule has 170 valence electrons. The van der Waals surface area contributed by atoms with Crippen molar-refractivity contribution in [2.75, 3.05) is 19.1 Å². The Balaban J connectivity index is 1.98. The summed E-state index contributed by atoms with van der Waals surface area (Å²) in [4.78, 5) is 27.3. The SMILES string of the molecule is COc1cc(OC)c(/C(O)=C2\C(=O)C(=O)N(c3cccc(F)c3)C2c2ccc(C)o2)cc1Cl. The van der Waals surface area contributed by atoms with Crippen LogP contribution in [0.1, 0.15) is 23.1 Å². The first-order chi connectivity index (χ1) is 15.8. The van der Waals surface area contributed by atoms with Crippen LogP contribution in [0, 0.1) is 12.7 Å². The van der Waals surface area contributed by atoms with Crippen molar-refractivity contribution in [3.05, 3.63) is 82.0 Å². The van der Waals surface area contributed by atoms with Gasteiger partial charge in [-0.15, -0.1) is 0 Å². The molecule has 9 heteroatoms. The monoisotopic (exact) mass is 471 g/mol. The van der Waals surface area contributed by atoms with E-state index in [1.54, 1.807) is 19.1 Å². The van der Waals surface area contributed by atoms with E-state index in [9.17, 15) is 19.1 Å². The maximum Gasteiger partial charge on any atom is 0.300 e. The Morgan fingerprint density at radius 1 is 1.09 bits per heavy atom. The van der Waals surface area contributed by atoms with Gasteiger partial charge in [0.05, 0.1) is 30.4 Å². The predicted octanol–water partition coefficient (Wildman–Crippen LogP) is 5.02. The summed E-state index contributed by atoms with van der Waals surface area (Å²) in [6.07, 6.45) is 0. The highest BCUT2D eigenvalue weighted by Crippen LogP contribution is 2.45. The normalized spacial score (nSPS) is 17.5. The second kappa shape index (κ2) is 8.63. The van der Waals surface area contributed by atoms with Gasteiger partial charge >= 0.3 is 0 Å². The van der Waals surface area contributed by atoms with Crippen molar-refractivity contribution < 1.29 is 33.0 Å². The molecule has 0 spiro atoms. The number of anilines is 1. The van der Waals surface area contributed by atoms with E-state index in [1.807, 2.05) is 0 Å². The number of halogens is 2. The Morgan fingerprint density at radius 3 is 2.42 bits per heavy atom. The highest BCUT2D eigenvalue weighted by Gasteiger charge is 2.48. The van der Waals surface area contributed by atoms with E-state index in [4.69, 9.17) is 25.5 Å². The Kier molecular flexibility index (Phi) is 5.86. The number of ketones is 1. The first-order valence-electron chi connectivity index (χ1n) is 9.81. The van der Waals surface area contributed by atoms with Crippen LogP contribution in [0.3, 0.4) is 0 Å². The standard InChI is InChI=1S/C24H19ClFNO6/c1-12-7-8-17(33-12)21-20(22(28)15-10-16(25)19(32-3)11-18(15)31-2)23(29)24(30)27(21)14-6-4-5-13(26)9-14/h4-11,21,28H,1-3H3/b22-20+. The number of carbonyl (C=O) groups excluding carboxylic acids is 2. The van der Waals surface area contributed by atoms with Crippen LogP contribution >= 0.6 is 11.6 Å². The molecule has 1 amide bonds. The van der Waals surface area contributed by atoms with Gasteiger partial charge in [0, 0.05) is 11.8 Å². The molecule has 4 rings (SSSR count). The number of aryl methyl sites for hydroxylation is 1. The number of benzene rings is 2. The number of carbonyl (C=O) groups is 2. The summed E-state index contributed by atoms with van der Waals surface area (Å²) in [6.45, 7) is 1.70. The molecule has 1 aliphatic rings. The van der Waals surface area contributed by atoms with E-state index < -0.39 is 29.3 Å². The van der Waals surface area contributed by atoms with Crippen LogP contribution in [0.5, 0.6) is 11.5 Å². The molecule has 0 saturated carbocycles. The molecule has 1 N–H and O–H groups in total. The number of hydrogen-bond donors (Lipinski definition) is 1. The molecule has 1 aromatic heterocycles. The number of nitrogens with zero attached hydrogens (tertiary/aromatic N) is 1. The average molecular weight is 472 g/mol. The lowest BCUT2D eigenvalue weighted by Crippen LogP contribution is -2.29. The van der Waals surface area contributed by atoms with E-state index in [0.29, 0.717) is 11.5 Å². The molecule has 0 aliphatic carbocycles. The molecule has 0 radical (unpaired) electrons. The molecule has 1 fully saturated rings. The largest absolute Gasteiger partial charge is 0.507 e. The van der Waals surface area contributed by atoms with Gasteiger partial charge in [-0.1, -0.05) is 17.7 Å². The van der Waals surface area contributed by atoms with E-state index >= 15 is 0 Å². The summed E-state index contributed by atoms with van der Waals surface area (Å²) >= 11 is 6.24.